The van der Waals surface area contributed by atoms with Crippen LogP contribution in [0.5, 0.6) is 0 Å². The summed E-state index contributed by atoms with van der Waals surface area (Å²) in [6.07, 6.45) is 0. The molecular weight excluding hydrogens is 374 g/mol. The number of hydrogen-bond acceptors (Lipinski definition) is 2. The summed E-state index contributed by atoms with van der Waals surface area (Å²) in [5, 5.41) is 10.7. The zero-order valence-electron chi connectivity index (χ0n) is 15.2. The Kier molecular flexibility index (Phi) is 4.65. The lowest BCUT2D eigenvalue weighted by Crippen LogP contribution is -2.45. The molecule has 0 radical (unpaired) electrons. The van der Waals surface area contributed by atoms with Gasteiger partial charge in [0.1, 0.15) is 5.92 Å². The van der Waals surface area contributed by atoms with E-state index in [0.717, 1.165) is 11.1 Å². The van der Waals surface area contributed by atoms with Crippen LogP contribution in [0.1, 0.15) is 39.0 Å². The van der Waals surface area contributed by atoms with Gasteiger partial charge in [0.2, 0.25) is 0 Å². The number of carbonyl (C=O) groups excluding carboxylic acids is 1. The highest BCUT2D eigenvalue weighted by atomic mass is 35.5. The van der Waals surface area contributed by atoms with E-state index >= 15 is 0 Å². The van der Waals surface area contributed by atoms with Gasteiger partial charge in [-0.25, -0.2) is 0 Å². The highest BCUT2D eigenvalue weighted by Crippen LogP contribution is 2.45. The maximum atomic E-state index is 13.4. The summed E-state index contributed by atoms with van der Waals surface area (Å²) < 4.78 is 0. The first-order chi connectivity index (χ1) is 13.5. The van der Waals surface area contributed by atoms with E-state index in [-0.39, 0.29) is 5.91 Å². The summed E-state index contributed by atoms with van der Waals surface area (Å²) in [5.41, 5.74) is 3.40. The van der Waals surface area contributed by atoms with Gasteiger partial charge >= 0.3 is 5.97 Å². The van der Waals surface area contributed by atoms with E-state index in [1.165, 1.54) is 0 Å². The lowest BCUT2D eigenvalue weighted by atomic mass is 9.79. The lowest BCUT2D eigenvalue weighted by molar-refractivity contribution is -0.139. The minimum atomic E-state index is -0.975. The number of rotatable bonds is 3. The molecule has 140 valence electrons. The van der Waals surface area contributed by atoms with E-state index in [1.807, 2.05) is 31.2 Å². The summed E-state index contributed by atoms with van der Waals surface area (Å²) in [5.74, 6) is -2.08. The van der Waals surface area contributed by atoms with Crippen molar-refractivity contribution in [3.63, 3.8) is 0 Å². The average molecular weight is 392 g/mol. The smallest absolute Gasteiger partial charge is 0.313 e. The van der Waals surface area contributed by atoms with Crippen molar-refractivity contribution >= 4 is 29.2 Å². The Labute approximate surface area is 168 Å². The molecule has 1 N–H and O–H groups in total. The molecule has 0 aliphatic carbocycles. The number of anilines is 1. The van der Waals surface area contributed by atoms with Crippen LogP contribution in [0.3, 0.4) is 0 Å². The summed E-state index contributed by atoms with van der Waals surface area (Å²) in [6.45, 7) is 1.97. The molecule has 28 heavy (non-hydrogen) atoms. The van der Waals surface area contributed by atoms with Gasteiger partial charge in [-0.05, 0) is 48.4 Å². The molecule has 1 aliphatic rings. The summed E-state index contributed by atoms with van der Waals surface area (Å²) in [7, 11) is 0. The molecule has 1 amide bonds. The largest absolute Gasteiger partial charge is 0.481 e. The number of aliphatic carboxylic acids is 1. The number of hydrogen-bond donors (Lipinski definition) is 1. The van der Waals surface area contributed by atoms with Crippen LogP contribution in [0.15, 0.2) is 72.8 Å². The van der Waals surface area contributed by atoms with Crippen LogP contribution in [-0.2, 0) is 4.79 Å². The van der Waals surface area contributed by atoms with E-state index in [1.54, 1.807) is 53.4 Å². The van der Waals surface area contributed by atoms with Gasteiger partial charge in [0.05, 0.1) is 6.04 Å². The zero-order valence-corrected chi connectivity index (χ0v) is 15.9. The zero-order chi connectivity index (χ0) is 19.8. The van der Waals surface area contributed by atoms with Crippen LogP contribution >= 0.6 is 11.6 Å². The number of halogens is 1. The van der Waals surface area contributed by atoms with Crippen molar-refractivity contribution in [2.45, 2.75) is 18.9 Å². The van der Waals surface area contributed by atoms with Crippen molar-refractivity contribution in [2.75, 3.05) is 4.90 Å². The molecule has 2 atom stereocenters. The van der Waals surface area contributed by atoms with Crippen molar-refractivity contribution in [2.24, 2.45) is 0 Å². The standard InChI is InChI=1S/C23H18ClNO3/c1-14-6-12-17(13-7-14)25-21(15-8-10-16(24)11-9-15)20(23(27)28)18-4-2-3-5-19(18)22(25)26/h2-13,20-21H,1H3,(H,27,28)/t20-,21-/m1/s1. The van der Waals surface area contributed by atoms with Gasteiger partial charge in [0, 0.05) is 16.3 Å². The molecule has 4 rings (SSSR count). The number of carboxylic acid groups (broad SMARTS) is 1. The highest BCUT2D eigenvalue weighted by Gasteiger charge is 2.44. The van der Waals surface area contributed by atoms with Gasteiger partial charge < -0.3 is 5.11 Å². The summed E-state index contributed by atoms with van der Waals surface area (Å²) in [4.78, 5) is 27.4. The number of amides is 1. The van der Waals surface area contributed by atoms with Gasteiger partial charge in [-0.2, -0.15) is 0 Å². The second-order valence-electron chi connectivity index (χ2n) is 6.91. The first kappa shape index (κ1) is 18.3. The van der Waals surface area contributed by atoms with Gasteiger partial charge in [0.15, 0.2) is 0 Å². The Morgan fingerprint density at radius 3 is 2.25 bits per heavy atom. The fourth-order valence-corrected chi connectivity index (χ4v) is 3.92. The molecule has 0 fully saturated rings. The third kappa shape index (κ3) is 3.06. The van der Waals surface area contributed by atoms with E-state index in [2.05, 4.69) is 0 Å². The number of carboxylic acids is 1. The molecule has 0 saturated carbocycles. The maximum Gasteiger partial charge on any atom is 0.313 e. The second-order valence-corrected chi connectivity index (χ2v) is 7.35. The van der Waals surface area contributed by atoms with Crippen molar-refractivity contribution in [3.8, 4) is 0 Å². The fraction of sp³-hybridized carbons (Fsp3) is 0.130. The van der Waals surface area contributed by atoms with E-state index in [0.29, 0.717) is 21.8 Å². The summed E-state index contributed by atoms with van der Waals surface area (Å²) >= 11 is 6.03. The predicted molar refractivity (Wildman–Crippen MR) is 109 cm³/mol. The number of nitrogens with zero attached hydrogens (tertiary/aromatic N) is 1. The lowest BCUT2D eigenvalue weighted by Gasteiger charge is -2.40. The van der Waals surface area contributed by atoms with Gasteiger partial charge in [-0.1, -0.05) is 59.6 Å². The van der Waals surface area contributed by atoms with Crippen LogP contribution in [0, 0.1) is 6.92 Å². The Hall–Kier alpha value is -3.11. The number of fused-ring (bicyclic) bond motifs is 1. The first-order valence-electron chi connectivity index (χ1n) is 8.95. The SMILES string of the molecule is Cc1ccc(N2C(=O)c3ccccc3[C@@H](C(=O)O)[C@H]2c2ccc(Cl)cc2)cc1. The fourth-order valence-electron chi connectivity index (χ4n) is 3.79. The Morgan fingerprint density at radius 2 is 1.61 bits per heavy atom. The number of aryl methyl sites for hydroxylation is 1. The first-order valence-corrected chi connectivity index (χ1v) is 9.32. The van der Waals surface area contributed by atoms with E-state index < -0.39 is 17.9 Å². The van der Waals surface area contributed by atoms with Gasteiger partial charge in [0.25, 0.3) is 5.91 Å². The van der Waals surface area contributed by atoms with E-state index in [9.17, 15) is 14.7 Å². The molecule has 0 spiro atoms. The van der Waals surface area contributed by atoms with Crippen LogP contribution in [0.2, 0.25) is 5.02 Å². The van der Waals surface area contributed by atoms with Crippen LogP contribution in [-0.4, -0.2) is 17.0 Å². The van der Waals surface area contributed by atoms with Crippen LogP contribution in [0.4, 0.5) is 5.69 Å². The van der Waals surface area contributed by atoms with E-state index in [4.69, 9.17) is 11.6 Å². The Morgan fingerprint density at radius 1 is 0.964 bits per heavy atom. The third-order valence-corrected chi connectivity index (χ3v) is 5.38. The topological polar surface area (TPSA) is 57.6 Å². The molecule has 3 aromatic carbocycles. The van der Waals surface area contributed by atoms with Crippen molar-refractivity contribution in [3.05, 3.63) is 100 Å². The number of benzene rings is 3. The molecular formula is C23H18ClNO3. The molecule has 3 aromatic rings. The third-order valence-electron chi connectivity index (χ3n) is 5.13. The quantitative estimate of drug-likeness (QED) is 0.666. The van der Waals surface area contributed by atoms with Gasteiger partial charge in [-0.3, -0.25) is 14.5 Å². The molecule has 4 nitrogen and oxygen atoms in total. The Bertz CT molecular complexity index is 1040. The molecule has 0 saturated heterocycles. The number of carbonyl (C=O) groups is 2. The monoisotopic (exact) mass is 391 g/mol. The highest BCUT2D eigenvalue weighted by molar-refractivity contribution is 6.30. The molecule has 1 heterocycles. The van der Waals surface area contributed by atoms with Crippen LogP contribution < -0.4 is 4.90 Å². The van der Waals surface area contributed by atoms with Crippen molar-refractivity contribution in [1.29, 1.82) is 0 Å². The van der Waals surface area contributed by atoms with Crippen molar-refractivity contribution in [1.82, 2.24) is 0 Å². The Balaban J connectivity index is 1.97. The molecule has 0 unspecified atom stereocenters. The molecule has 0 aromatic heterocycles. The van der Waals surface area contributed by atoms with Crippen LogP contribution in [0.25, 0.3) is 0 Å². The minimum absolute atomic E-state index is 0.211. The molecule has 1 aliphatic heterocycles. The minimum Gasteiger partial charge on any atom is -0.481 e. The second kappa shape index (κ2) is 7.13. The summed E-state index contributed by atoms with van der Waals surface area (Å²) in [6, 6.07) is 20.8. The normalized spacial score (nSPS) is 18.6. The maximum absolute atomic E-state index is 13.4. The molecule has 0 bridgehead atoms. The van der Waals surface area contributed by atoms with Crippen molar-refractivity contribution < 1.29 is 14.7 Å². The predicted octanol–water partition coefficient (Wildman–Crippen LogP) is 5.22. The van der Waals surface area contributed by atoms with Gasteiger partial charge in [-0.15, -0.1) is 0 Å². The average Bonchev–Trinajstić information content (AvgIpc) is 2.69. The molecule has 5 heteroatoms.